The molecule has 0 saturated carbocycles. The Labute approximate surface area is 103 Å². The van der Waals surface area contributed by atoms with Gasteiger partial charge < -0.3 is 15.3 Å². The third-order valence-electron chi connectivity index (χ3n) is 4.53. The van der Waals surface area contributed by atoms with Crippen LogP contribution in [0.5, 0.6) is 0 Å². The Hall–Kier alpha value is -0.610. The van der Waals surface area contributed by atoms with Gasteiger partial charge in [0.1, 0.15) is 5.54 Å². The van der Waals surface area contributed by atoms with Crippen LogP contribution in [0.15, 0.2) is 0 Å². The molecule has 2 N–H and O–H groups in total. The molecule has 2 saturated heterocycles. The Balaban J connectivity index is 2.01. The molecule has 0 radical (unpaired) electrons. The van der Waals surface area contributed by atoms with E-state index in [4.69, 9.17) is 0 Å². The van der Waals surface area contributed by atoms with Crippen molar-refractivity contribution >= 4 is 5.97 Å². The summed E-state index contributed by atoms with van der Waals surface area (Å²) in [5.41, 5.74) is -0.622. The van der Waals surface area contributed by atoms with Crippen molar-refractivity contribution < 1.29 is 9.90 Å². The molecule has 98 valence electrons. The van der Waals surface area contributed by atoms with E-state index in [1.807, 2.05) is 0 Å². The van der Waals surface area contributed by atoms with Crippen LogP contribution in [0.1, 0.15) is 39.5 Å². The summed E-state index contributed by atoms with van der Waals surface area (Å²) < 4.78 is 0. The number of aliphatic carboxylic acids is 1. The monoisotopic (exact) mass is 240 g/mol. The normalized spacial score (nSPS) is 32.2. The lowest BCUT2D eigenvalue weighted by atomic mass is 9.76. The number of carbonyl (C=O) groups is 1. The van der Waals surface area contributed by atoms with Gasteiger partial charge >= 0.3 is 5.97 Å². The first-order valence-electron chi connectivity index (χ1n) is 6.79. The minimum Gasteiger partial charge on any atom is -0.480 e. The number of hydrogen-bond donors (Lipinski definition) is 2. The summed E-state index contributed by atoms with van der Waals surface area (Å²) in [5, 5.41) is 12.8. The van der Waals surface area contributed by atoms with Crippen LogP contribution in [0.3, 0.4) is 0 Å². The highest BCUT2D eigenvalue weighted by molar-refractivity contribution is 5.79. The zero-order valence-electron chi connectivity index (χ0n) is 10.9. The van der Waals surface area contributed by atoms with Crippen LogP contribution in [0.2, 0.25) is 0 Å². The molecular formula is C13H24N2O2. The van der Waals surface area contributed by atoms with Crippen LogP contribution in [0.25, 0.3) is 0 Å². The molecule has 4 nitrogen and oxygen atoms in total. The molecule has 17 heavy (non-hydrogen) atoms. The molecule has 0 aromatic carbocycles. The summed E-state index contributed by atoms with van der Waals surface area (Å²) in [4.78, 5) is 14.0. The summed E-state index contributed by atoms with van der Waals surface area (Å²) >= 11 is 0. The van der Waals surface area contributed by atoms with Crippen LogP contribution in [0.4, 0.5) is 0 Å². The maximum Gasteiger partial charge on any atom is 0.324 e. The number of piperidine rings is 1. The number of nitrogens with zero attached hydrogens (tertiary/aromatic N) is 1. The van der Waals surface area contributed by atoms with Crippen molar-refractivity contribution in [3.8, 4) is 0 Å². The Morgan fingerprint density at radius 3 is 2.47 bits per heavy atom. The maximum absolute atomic E-state index is 11.6. The zero-order chi connectivity index (χ0) is 12.5. The number of carboxylic acid groups (broad SMARTS) is 1. The Bertz CT molecular complexity index is 277. The van der Waals surface area contributed by atoms with E-state index in [-0.39, 0.29) is 0 Å². The molecule has 4 heteroatoms. The third-order valence-corrected chi connectivity index (χ3v) is 4.53. The first-order valence-corrected chi connectivity index (χ1v) is 6.79. The van der Waals surface area contributed by atoms with Gasteiger partial charge in [-0.1, -0.05) is 0 Å². The van der Waals surface area contributed by atoms with E-state index in [9.17, 15) is 9.90 Å². The predicted octanol–water partition coefficient (Wildman–Crippen LogP) is 1.31. The van der Waals surface area contributed by atoms with Crippen LogP contribution < -0.4 is 5.32 Å². The Kier molecular flexibility index (Phi) is 3.73. The fourth-order valence-electron chi connectivity index (χ4n) is 3.38. The Morgan fingerprint density at radius 2 is 2.06 bits per heavy atom. The van der Waals surface area contributed by atoms with E-state index < -0.39 is 11.5 Å². The Morgan fingerprint density at radius 1 is 1.41 bits per heavy atom. The lowest BCUT2D eigenvalue weighted by Gasteiger charge is -2.41. The summed E-state index contributed by atoms with van der Waals surface area (Å²) in [7, 11) is 0. The lowest BCUT2D eigenvalue weighted by Crippen LogP contribution is -2.56. The fraction of sp³-hybridized carbons (Fsp3) is 0.923. The average molecular weight is 240 g/mol. The molecule has 0 amide bonds. The molecule has 0 spiro atoms. The molecule has 0 aromatic rings. The molecule has 2 heterocycles. The van der Waals surface area contributed by atoms with Crippen molar-refractivity contribution in [2.24, 2.45) is 5.92 Å². The largest absolute Gasteiger partial charge is 0.480 e. The predicted molar refractivity (Wildman–Crippen MR) is 67.0 cm³/mol. The van der Waals surface area contributed by atoms with Gasteiger partial charge in [-0.2, -0.15) is 0 Å². The van der Waals surface area contributed by atoms with Gasteiger partial charge in [-0.15, -0.1) is 0 Å². The van der Waals surface area contributed by atoms with Crippen molar-refractivity contribution in [2.75, 3.05) is 19.6 Å². The second-order valence-corrected chi connectivity index (χ2v) is 5.71. The van der Waals surface area contributed by atoms with Gasteiger partial charge in [0.2, 0.25) is 0 Å². The maximum atomic E-state index is 11.6. The fourth-order valence-corrected chi connectivity index (χ4v) is 3.38. The quantitative estimate of drug-likeness (QED) is 0.781. The van der Waals surface area contributed by atoms with Crippen molar-refractivity contribution in [1.82, 2.24) is 10.2 Å². The van der Waals surface area contributed by atoms with E-state index in [0.29, 0.717) is 12.0 Å². The summed E-state index contributed by atoms with van der Waals surface area (Å²) in [5.74, 6) is -0.338. The molecular weight excluding hydrogens is 216 g/mol. The molecule has 2 aliphatic rings. The second-order valence-electron chi connectivity index (χ2n) is 5.71. The van der Waals surface area contributed by atoms with E-state index in [2.05, 4.69) is 24.1 Å². The van der Waals surface area contributed by atoms with E-state index in [1.165, 1.54) is 0 Å². The van der Waals surface area contributed by atoms with E-state index in [0.717, 1.165) is 45.3 Å². The molecule has 2 rings (SSSR count). The highest BCUT2D eigenvalue weighted by atomic mass is 16.4. The second kappa shape index (κ2) is 4.94. The van der Waals surface area contributed by atoms with Crippen LogP contribution in [-0.2, 0) is 4.79 Å². The minimum absolute atomic E-state index is 0.303. The van der Waals surface area contributed by atoms with Gasteiger partial charge in [-0.05, 0) is 65.1 Å². The minimum atomic E-state index is -0.641. The highest BCUT2D eigenvalue weighted by Crippen LogP contribution is 2.35. The highest BCUT2D eigenvalue weighted by Gasteiger charge is 2.48. The van der Waals surface area contributed by atoms with Crippen LogP contribution in [0, 0.1) is 5.92 Å². The number of hydrogen-bond acceptors (Lipinski definition) is 3. The summed E-state index contributed by atoms with van der Waals surface area (Å²) in [6, 6.07) is 0.577. The molecule has 0 aromatic heterocycles. The number of carboxylic acids is 1. The number of rotatable bonds is 3. The van der Waals surface area contributed by atoms with Gasteiger partial charge in [-0.3, -0.25) is 4.79 Å². The standard InChI is InChI=1S/C13H24N2O2/c1-10(2)15-8-4-11(5-9-15)13(12(16)17)6-3-7-14-13/h10-11,14H,3-9H2,1-2H3,(H,16,17). The van der Waals surface area contributed by atoms with Crippen molar-refractivity contribution in [3.05, 3.63) is 0 Å². The van der Waals surface area contributed by atoms with Crippen molar-refractivity contribution in [3.63, 3.8) is 0 Å². The van der Waals surface area contributed by atoms with Gasteiger partial charge in [0.25, 0.3) is 0 Å². The first-order chi connectivity index (χ1) is 8.06. The summed E-state index contributed by atoms with van der Waals surface area (Å²) in [6.07, 6.45) is 3.82. The zero-order valence-corrected chi connectivity index (χ0v) is 10.9. The number of likely N-dealkylation sites (tertiary alicyclic amines) is 1. The number of nitrogens with one attached hydrogen (secondary N) is 1. The van der Waals surface area contributed by atoms with Crippen molar-refractivity contribution in [1.29, 1.82) is 0 Å². The topological polar surface area (TPSA) is 52.6 Å². The smallest absolute Gasteiger partial charge is 0.324 e. The third kappa shape index (κ3) is 2.33. The van der Waals surface area contributed by atoms with Gasteiger partial charge in [0.15, 0.2) is 0 Å². The molecule has 0 bridgehead atoms. The molecule has 1 atom stereocenters. The van der Waals surface area contributed by atoms with E-state index >= 15 is 0 Å². The van der Waals surface area contributed by atoms with Crippen molar-refractivity contribution in [2.45, 2.75) is 51.1 Å². The van der Waals surface area contributed by atoms with E-state index in [1.54, 1.807) is 0 Å². The van der Waals surface area contributed by atoms with Gasteiger partial charge in [-0.25, -0.2) is 0 Å². The lowest BCUT2D eigenvalue weighted by molar-refractivity contribution is -0.147. The molecule has 0 aliphatic carbocycles. The van der Waals surface area contributed by atoms with Gasteiger partial charge in [0.05, 0.1) is 0 Å². The first kappa shape index (κ1) is 12.8. The molecule has 2 aliphatic heterocycles. The van der Waals surface area contributed by atoms with Crippen LogP contribution in [-0.4, -0.2) is 47.2 Å². The molecule has 2 fully saturated rings. The molecule has 1 unspecified atom stereocenters. The summed E-state index contributed by atoms with van der Waals surface area (Å²) in [6.45, 7) is 7.36. The average Bonchev–Trinajstić information content (AvgIpc) is 2.79. The van der Waals surface area contributed by atoms with Gasteiger partial charge in [0, 0.05) is 6.04 Å². The SMILES string of the molecule is CC(C)N1CCC(C2(C(=O)O)CCCN2)CC1. The van der Waals surface area contributed by atoms with Crippen LogP contribution >= 0.6 is 0 Å².